The quantitative estimate of drug-likeness (QED) is 0.537. The number of carbonyl (C=O) groups is 2. The molecule has 3 rings (SSSR count). The van der Waals surface area contributed by atoms with Gasteiger partial charge in [-0.15, -0.1) is 0 Å². The van der Waals surface area contributed by atoms with Crippen LogP contribution in [0.1, 0.15) is 48.1 Å². The Morgan fingerprint density at radius 2 is 1.93 bits per heavy atom. The van der Waals surface area contributed by atoms with Crippen molar-refractivity contribution in [1.29, 1.82) is 0 Å². The van der Waals surface area contributed by atoms with Gasteiger partial charge < -0.3 is 20.7 Å². The highest BCUT2D eigenvalue weighted by Gasteiger charge is 2.25. The van der Waals surface area contributed by atoms with E-state index in [1.54, 1.807) is 24.3 Å². The summed E-state index contributed by atoms with van der Waals surface area (Å²) in [5, 5.41) is 8.52. The number of anilines is 1. The van der Waals surface area contributed by atoms with Crippen LogP contribution in [0.2, 0.25) is 5.02 Å². The van der Waals surface area contributed by atoms with E-state index in [1.165, 1.54) is 18.2 Å². The molecule has 160 valence electrons. The lowest BCUT2D eigenvalue weighted by atomic mass is 10.0. The molecule has 1 fully saturated rings. The molecule has 1 unspecified atom stereocenters. The summed E-state index contributed by atoms with van der Waals surface area (Å²) in [7, 11) is 0. The second-order valence-corrected chi connectivity index (χ2v) is 7.33. The summed E-state index contributed by atoms with van der Waals surface area (Å²) in [6.45, 7) is -1.15. The average molecular weight is 438 g/mol. The molecule has 3 amide bonds. The second-order valence-electron chi connectivity index (χ2n) is 6.92. The fourth-order valence-corrected chi connectivity index (χ4v) is 3.17. The predicted molar refractivity (Wildman–Crippen MR) is 110 cm³/mol. The minimum atomic E-state index is -2.97. The first-order valence-corrected chi connectivity index (χ1v) is 9.96. The Balaban J connectivity index is 1.69. The van der Waals surface area contributed by atoms with Crippen molar-refractivity contribution >= 4 is 29.2 Å². The Morgan fingerprint density at radius 3 is 2.60 bits per heavy atom. The van der Waals surface area contributed by atoms with Gasteiger partial charge in [-0.3, -0.25) is 4.79 Å². The van der Waals surface area contributed by atoms with Crippen LogP contribution in [-0.4, -0.2) is 24.6 Å². The van der Waals surface area contributed by atoms with Crippen LogP contribution in [-0.2, 0) is 0 Å². The van der Waals surface area contributed by atoms with Crippen molar-refractivity contribution in [2.24, 2.45) is 0 Å². The number of benzene rings is 2. The van der Waals surface area contributed by atoms with E-state index < -0.39 is 18.7 Å². The Labute approximate surface area is 177 Å². The lowest BCUT2D eigenvalue weighted by Crippen LogP contribution is -2.33. The van der Waals surface area contributed by atoms with Gasteiger partial charge in [0.1, 0.15) is 5.75 Å². The van der Waals surface area contributed by atoms with Gasteiger partial charge in [-0.05, 0) is 43.5 Å². The Kier molecular flexibility index (Phi) is 7.10. The minimum Gasteiger partial charge on any atom is -0.434 e. The van der Waals surface area contributed by atoms with E-state index in [1.807, 2.05) is 6.92 Å². The van der Waals surface area contributed by atoms with E-state index in [0.29, 0.717) is 17.7 Å². The van der Waals surface area contributed by atoms with E-state index in [4.69, 9.17) is 11.6 Å². The number of amides is 3. The number of rotatable bonds is 8. The summed E-state index contributed by atoms with van der Waals surface area (Å²) in [4.78, 5) is 24.8. The van der Waals surface area contributed by atoms with Gasteiger partial charge in [0.05, 0.1) is 16.6 Å². The molecule has 2 aromatic rings. The van der Waals surface area contributed by atoms with Crippen LogP contribution in [0.25, 0.3) is 0 Å². The number of hydrogen-bond acceptors (Lipinski definition) is 3. The highest BCUT2D eigenvalue weighted by atomic mass is 35.5. The second kappa shape index (κ2) is 9.75. The first kappa shape index (κ1) is 21.8. The largest absolute Gasteiger partial charge is 0.434 e. The molecule has 1 aliphatic carbocycles. The van der Waals surface area contributed by atoms with Crippen LogP contribution in [0.3, 0.4) is 0 Å². The van der Waals surface area contributed by atoms with E-state index >= 15 is 0 Å². The number of nitrogens with one attached hydrogen (secondary N) is 3. The van der Waals surface area contributed by atoms with E-state index in [-0.39, 0.29) is 28.3 Å². The number of hydrogen-bond donors (Lipinski definition) is 3. The number of alkyl halides is 2. The lowest BCUT2D eigenvalue weighted by molar-refractivity contribution is -0.0506. The number of urea groups is 1. The molecule has 9 heteroatoms. The molecule has 1 aliphatic rings. The molecular weight excluding hydrogens is 416 g/mol. The molecular formula is C21H22ClF2N3O3. The maximum atomic E-state index is 12.7. The smallest absolute Gasteiger partial charge is 0.387 e. The van der Waals surface area contributed by atoms with Gasteiger partial charge in [-0.2, -0.15) is 8.78 Å². The minimum absolute atomic E-state index is 0.00479. The first-order chi connectivity index (χ1) is 14.4. The Morgan fingerprint density at radius 1 is 1.20 bits per heavy atom. The predicted octanol–water partition coefficient (Wildman–Crippen LogP) is 5.11. The first-order valence-electron chi connectivity index (χ1n) is 9.59. The third kappa shape index (κ3) is 5.82. The van der Waals surface area contributed by atoms with Crippen LogP contribution >= 0.6 is 11.6 Å². The summed E-state index contributed by atoms with van der Waals surface area (Å²) < 4.78 is 29.9. The van der Waals surface area contributed by atoms with Gasteiger partial charge in [0.25, 0.3) is 5.91 Å². The van der Waals surface area contributed by atoms with Crippen LogP contribution < -0.4 is 20.7 Å². The van der Waals surface area contributed by atoms with Crippen molar-refractivity contribution < 1.29 is 23.1 Å². The van der Waals surface area contributed by atoms with Crippen LogP contribution in [0, 0.1) is 0 Å². The van der Waals surface area contributed by atoms with Crippen molar-refractivity contribution in [1.82, 2.24) is 10.6 Å². The van der Waals surface area contributed by atoms with Gasteiger partial charge in [-0.1, -0.05) is 36.7 Å². The number of para-hydroxylation sites is 1. The van der Waals surface area contributed by atoms with E-state index in [2.05, 4.69) is 20.7 Å². The maximum absolute atomic E-state index is 12.7. The van der Waals surface area contributed by atoms with Crippen molar-refractivity contribution in [2.75, 3.05) is 5.32 Å². The summed E-state index contributed by atoms with van der Waals surface area (Å²) in [5.41, 5.74) is 1.09. The van der Waals surface area contributed by atoms with Crippen molar-refractivity contribution in [3.63, 3.8) is 0 Å². The molecule has 0 heterocycles. The average Bonchev–Trinajstić information content (AvgIpc) is 3.51. The normalized spacial score (nSPS) is 14.2. The summed E-state index contributed by atoms with van der Waals surface area (Å²) in [6.07, 6.45) is 2.34. The highest BCUT2D eigenvalue weighted by molar-refractivity contribution is 6.34. The maximum Gasteiger partial charge on any atom is 0.387 e. The van der Waals surface area contributed by atoms with E-state index in [0.717, 1.165) is 12.8 Å². The van der Waals surface area contributed by atoms with Gasteiger partial charge in [0, 0.05) is 17.3 Å². The standard InChI is InChI=1S/C21H22ClF2N3O3/c1-2-17(14-5-3-4-6-18(14)30-20(23)24)27-21(29)26-13-9-10-16(22)15(11-13)19(28)25-12-7-8-12/h3-6,9-12,17,20H,2,7-8H2,1H3,(H,25,28)(H2,26,27,29). The fourth-order valence-electron chi connectivity index (χ4n) is 2.96. The van der Waals surface area contributed by atoms with Crippen molar-refractivity contribution in [3.8, 4) is 5.75 Å². The summed E-state index contributed by atoms with van der Waals surface area (Å²) in [5.74, 6) is -0.291. The number of ether oxygens (including phenoxy) is 1. The van der Waals surface area contributed by atoms with Gasteiger partial charge in [0.15, 0.2) is 0 Å². The molecule has 6 nitrogen and oxygen atoms in total. The van der Waals surface area contributed by atoms with Gasteiger partial charge >= 0.3 is 12.6 Å². The molecule has 0 spiro atoms. The van der Waals surface area contributed by atoms with Crippen LogP contribution in [0.5, 0.6) is 5.75 Å². The molecule has 0 saturated heterocycles. The highest BCUT2D eigenvalue weighted by Crippen LogP contribution is 2.29. The van der Waals surface area contributed by atoms with Crippen LogP contribution in [0.15, 0.2) is 42.5 Å². The molecule has 1 atom stereocenters. The molecule has 0 bridgehead atoms. The van der Waals surface area contributed by atoms with Crippen molar-refractivity contribution in [3.05, 3.63) is 58.6 Å². The zero-order valence-electron chi connectivity index (χ0n) is 16.3. The zero-order valence-corrected chi connectivity index (χ0v) is 17.0. The van der Waals surface area contributed by atoms with Gasteiger partial charge in [0.2, 0.25) is 0 Å². The zero-order chi connectivity index (χ0) is 21.7. The Bertz CT molecular complexity index is 922. The number of halogens is 3. The fraction of sp³-hybridized carbons (Fsp3) is 0.333. The van der Waals surface area contributed by atoms with Crippen LogP contribution in [0.4, 0.5) is 19.3 Å². The molecule has 0 aliphatic heterocycles. The molecule has 3 N–H and O–H groups in total. The SMILES string of the molecule is CCC(NC(=O)Nc1ccc(Cl)c(C(=O)NC2CC2)c1)c1ccccc1OC(F)F. The summed E-state index contributed by atoms with van der Waals surface area (Å²) >= 11 is 6.11. The van der Waals surface area contributed by atoms with Crippen molar-refractivity contribution in [2.45, 2.75) is 44.9 Å². The number of carbonyl (C=O) groups excluding carboxylic acids is 2. The molecule has 0 aromatic heterocycles. The monoisotopic (exact) mass is 437 g/mol. The lowest BCUT2D eigenvalue weighted by Gasteiger charge is -2.21. The third-order valence-electron chi connectivity index (χ3n) is 4.61. The topological polar surface area (TPSA) is 79.5 Å². The third-order valence-corrected chi connectivity index (χ3v) is 4.94. The molecule has 2 aromatic carbocycles. The molecule has 0 radical (unpaired) electrons. The summed E-state index contributed by atoms with van der Waals surface area (Å²) in [6, 6.07) is 9.98. The Hall–Kier alpha value is -2.87. The molecule has 30 heavy (non-hydrogen) atoms. The molecule has 1 saturated carbocycles. The van der Waals surface area contributed by atoms with Gasteiger partial charge in [-0.25, -0.2) is 4.79 Å². The van der Waals surface area contributed by atoms with E-state index in [9.17, 15) is 18.4 Å².